The standard InChI is InChI=1S/C17H25ClN4O3/c1-12(21-7-9-22(10-8-21)17(24)20(2)3)16(23)19-14-11-13(18)5-6-15(14)25-4/h5-6,11-12H,7-10H2,1-4H3,(H,19,23). The van der Waals surface area contributed by atoms with Crippen molar-refractivity contribution in [1.82, 2.24) is 14.7 Å². The van der Waals surface area contributed by atoms with E-state index in [0.29, 0.717) is 42.6 Å². The maximum absolute atomic E-state index is 12.6. The number of halogens is 1. The van der Waals surface area contributed by atoms with E-state index in [-0.39, 0.29) is 18.0 Å². The van der Waals surface area contributed by atoms with Crippen molar-refractivity contribution < 1.29 is 14.3 Å². The van der Waals surface area contributed by atoms with E-state index in [4.69, 9.17) is 16.3 Å². The summed E-state index contributed by atoms with van der Waals surface area (Å²) < 4.78 is 5.25. The van der Waals surface area contributed by atoms with Gasteiger partial charge in [0.1, 0.15) is 5.75 Å². The van der Waals surface area contributed by atoms with E-state index in [0.717, 1.165) is 0 Å². The van der Waals surface area contributed by atoms with Gasteiger partial charge in [0.25, 0.3) is 0 Å². The fourth-order valence-electron chi connectivity index (χ4n) is 2.76. The zero-order valence-electron chi connectivity index (χ0n) is 15.1. The van der Waals surface area contributed by atoms with Crippen molar-refractivity contribution in [3.63, 3.8) is 0 Å². The molecule has 1 aliphatic heterocycles. The number of nitrogens with zero attached hydrogens (tertiary/aromatic N) is 3. The van der Waals surface area contributed by atoms with Crippen LogP contribution in [0.2, 0.25) is 5.02 Å². The van der Waals surface area contributed by atoms with Gasteiger partial charge in [-0.3, -0.25) is 9.69 Å². The van der Waals surface area contributed by atoms with Crippen molar-refractivity contribution in [2.45, 2.75) is 13.0 Å². The Morgan fingerprint density at radius 1 is 1.24 bits per heavy atom. The molecule has 2 rings (SSSR count). The van der Waals surface area contributed by atoms with Crippen LogP contribution in [0.4, 0.5) is 10.5 Å². The van der Waals surface area contributed by atoms with E-state index < -0.39 is 0 Å². The number of ether oxygens (including phenoxy) is 1. The summed E-state index contributed by atoms with van der Waals surface area (Å²) in [5.74, 6) is 0.430. The number of carbonyl (C=O) groups is 2. The Morgan fingerprint density at radius 2 is 1.88 bits per heavy atom. The lowest BCUT2D eigenvalue weighted by atomic mass is 10.2. The predicted octanol–water partition coefficient (Wildman–Crippen LogP) is 1.97. The van der Waals surface area contributed by atoms with E-state index in [1.54, 1.807) is 49.2 Å². The number of amides is 3. The molecule has 0 spiro atoms. The second kappa shape index (κ2) is 8.40. The number of benzene rings is 1. The van der Waals surface area contributed by atoms with Crippen LogP contribution < -0.4 is 10.1 Å². The van der Waals surface area contributed by atoms with Gasteiger partial charge < -0.3 is 19.9 Å². The predicted molar refractivity (Wildman–Crippen MR) is 98.3 cm³/mol. The van der Waals surface area contributed by atoms with Crippen LogP contribution in [-0.2, 0) is 4.79 Å². The summed E-state index contributed by atoms with van der Waals surface area (Å²) in [6.45, 7) is 4.38. The summed E-state index contributed by atoms with van der Waals surface area (Å²) in [4.78, 5) is 30.0. The second-order valence-corrected chi connectivity index (χ2v) is 6.65. The van der Waals surface area contributed by atoms with Gasteiger partial charge in [-0.15, -0.1) is 0 Å². The van der Waals surface area contributed by atoms with Crippen LogP contribution in [-0.4, -0.2) is 80.1 Å². The van der Waals surface area contributed by atoms with E-state index in [2.05, 4.69) is 10.2 Å². The lowest BCUT2D eigenvalue weighted by Crippen LogP contribution is -2.55. The third kappa shape index (κ3) is 4.76. The highest BCUT2D eigenvalue weighted by Gasteiger charge is 2.28. The smallest absolute Gasteiger partial charge is 0.319 e. The molecule has 1 aromatic rings. The summed E-state index contributed by atoms with van der Waals surface area (Å²) in [6.07, 6.45) is 0. The summed E-state index contributed by atoms with van der Waals surface area (Å²) in [5.41, 5.74) is 0.549. The molecule has 25 heavy (non-hydrogen) atoms. The Balaban J connectivity index is 1.95. The molecule has 8 heteroatoms. The van der Waals surface area contributed by atoms with Gasteiger partial charge >= 0.3 is 6.03 Å². The first-order chi connectivity index (χ1) is 11.8. The van der Waals surface area contributed by atoms with Gasteiger partial charge in [-0.25, -0.2) is 4.79 Å². The summed E-state index contributed by atoms with van der Waals surface area (Å²) >= 11 is 6.00. The van der Waals surface area contributed by atoms with Crippen molar-refractivity contribution in [1.29, 1.82) is 0 Å². The second-order valence-electron chi connectivity index (χ2n) is 6.21. The van der Waals surface area contributed by atoms with E-state index >= 15 is 0 Å². The zero-order chi connectivity index (χ0) is 18.6. The first kappa shape index (κ1) is 19.3. The van der Waals surface area contributed by atoms with Crippen molar-refractivity contribution in [3.05, 3.63) is 23.2 Å². The highest BCUT2D eigenvalue weighted by atomic mass is 35.5. The first-order valence-electron chi connectivity index (χ1n) is 8.18. The van der Waals surface area contributed by atoms with Crippen LogP contribution in [0.3, 0.4) is 0 Å². The fourth-order valence-corrected chi connectivity index (χ4v) is 2.94. The highest BCUT2D eigenvalue weighted by Crippen LogP contribution is 2.28. The summed E-state index contributed by atoms with van der Waals surface area (Å²) in [6, 6.07) is 4.77. The number of methoxy groups -OCH3 is 1. The largest absolute Gasteiger partial charge is 0.495 e. The minimum atomic E-state index is -0.319. The van der Waals surface area contributed by atoms with E-state index in [1.165, 1.54) is 0 Å². The lowest BCUT2D eigenvalue weighted by Gasteiger charge is -2.38. The molecule has 0 bridgehead atoms. The molecule has 0 aliphatic carbocycles. The molecule has 1 fully saturated rings. The van der Waals surface area contributed by atoms with Crippen molar-refractivity contribution in [3.8, 4) is 5.75 Å². The maximum atomic E-state index is 12.6. The van der Waals surface area contributed by atoms with E-state index in [9.17, 15) is 9.59 Å². The Labute approximate surface area is 153 Å². The molecule has 1 atom stereocenters. The average molecular weight is 369 g/mol. The van der Waals surface area contributed by atoms with Crippen LogP contribution in [0.1, 0.15) is 6.92 Å². The Bertz CT molecular complexity index is 630. The third-order valence-electron chi connectivity index (χ3n) is 4.31. The Kier molecular flexibility index (Phi) is 6.50. The van der Waals surface area contributed by atoms with Gasteiger partial charge in [0.2, 0.25) is 5.91 Å². The molecule has 0 aromatic heterocycles. The van der Waals surface area contributed by atoms with Crippen LogP contribution in [0.15, 0.2) is 18.2 Å². The molecule has 0 saturated carbocycles. The van der Waals surface area contributed by atoms with Gasteiger partial charge in [0.05, 0.1) is 18.8 Å². The summed E-state index contributed by atoms with van der Waals surface area (Å²) in [5, 5.41) is 3.40. The Hall–Kier alpha value is -1.99. The number of urea groups is 1. The molecule has 1 aliphatic rings. The lowest BCUT2D eigenvalue weighted by molar-refractivity contribution is -0.121. The molecule has 1 N–H and O–H groups in total. The molecule has 3 amide bonds. The zero-order valence-corrected chi connectivity index (χ0v) is 15.8. The van der Waals surface area contributed by atoms with Crippen LogP contribution >= 0.6 is 11.6 Å². The molecule has 1 aromatic carbocycles. The average Bonchev–Trinajstić information content (AvgIpc) is 2.60. The Morgan fingerprint density at radius 3 is 2.44 bits per heavy atom. The van der Waals surface area contributed by atoms with Gasteiger partial charge in [0.15, 0.2) is 0 Å². The molecule has 7 nitrogen and oxygen atoms in total. The SMILES string of the molecule is COc1ccc(Cl)cc1NC(=O)C(C)N1CCN(C(=O)N(C)C)CC1. The van der Waals surface area contributed by atoms with Gasteiger partial charge in [-0.05, 0) is 25.1 Å². The van der Waals surface area contributed by atoms with E-state index in [1.807, 2.05) is 6.92 Å². The topological polar surface area (TPSA) is 65.1 Å². The van der Waals surface area contributed by atoms with Gasteiger partial charge in [-0.1, -0.05) is 11.6 Å². The minimum absolute atomic E-state index is 0.000387. The van der Waals surface area contributed by atoms with Crippen LogP contribution in [0, 0.1) is 0 Å². The summed E-state index contributed by atoms with van der Waals surface area (Å²) in [7, 11) is 5.02. The number of nitrogens with one attached hydrogen (secondary N) is 1. The maximum Gasteiger partial charge on any atom is 0.319 e. The number of hydrogen-bond donors (Lipinski definition) is 1. The fraction of sp³-hybridized carbons (Fsp3) is 0.529. The quantitative estimate of drug-likeness (QED) is 0.882. The molecule has 1 unspecified atom stereocenters. The third-order valence-corrected chi connectivity index (χ3v) is 4.55. The molecule has 1 heterocycles. The number of carbonyl (C=O) groups excluding carboxylic acids is 2. The number of piperazine rings is 1. The van der Waals surface area contributed by atoms with Gasteiger partial charge in [0, 0.05) is 45.3 Å². The van der Waals surface area contributed by atoms with Crippen molar-refractivity contribution >= 4 is 29.2 Å². The molecule has 1 saturated heterocycles. The van der Waals surface area contributed by atoms with Gasteiger partial charge in [-0.2, -0.15) is 0 Å². The van der Waals surface area contributed by atoms with Crippen molar-refractivity contribution in [2.24, 2.45) is 0 Å². The molecule has 138 valence electrons. The minimum Gasteiger partial charge on any atom is -0.495 e. The first-order valence-corrected chi connectivity index (χ1v) is 8.56. The number of hydrogen-bond acceptors (Lipinski definition) is 4. The van der Waals surface area contributed by atoms with Crippen LogP contribution in [0.5, 0.6) is 5.75 Å². The monoisotopic (exact) mass is 368 g/mol. The van der Waals surface area contributed by atoms with Crippen molar-refractivity contribution in [2.75, 3.05) is 52.7 Å². The highest BCUT2D eigenvalue weighted by molar-refractivity contribution is 6.31. The number of anilines is 1. The molecular formula is C17H25ClN4O3. The number of rotatable bonds is 4. The normalized spacial score (nSPS) is 16.3. The molecular weight excluding hydrogens is 344 g/mol. The molecule has 0 radical (unpaired) electrons. The van der Waals surface area contributed by atoms with Crippen LogP contribution in [0.25, 0.3) is 0 Å².